The van der Waals surface area contributed by atoms with Crippen LogP contribution in [0.1, 0.15) is 68.2 Å². The summed E-state index contributed by atoms with van der Waals surface area (Å²) in [5.74, 6) is -0.896. The van der Waals surface area contributed by atoms with E-state index in [0.717, 1.165) is 0 Å². The van der Waals surface area contributed by atoms with Crippen LogP contribution < -0.4 is 0 Å². The summed E-state index contributed by atoms with van der Waals surface area (Å²) in [5, 5.41) is 0. The van der Waals surface area contributed by atoms with Crippen LogP contribution in [0.3, 0.4) is 0 Å². The van der Waals surface area contributed by atoms with Gasteiger partial charge >= 0.3 is 24.1 Å². The van der Waals surface area contributed by atoms with Crippen LogP contribution in [0, 0.1) is 11.8 Å². The molecule has 38 heavy (non-hydrogen) atoms. The van der Waals surface area contributed by atoms with Crippen LogP contribution in [0.15, 0.2) is 12.7 Å². The molecular weight excluding hydrogens is 496 g/mol. The lowest BCUT2D eigenvalue weighted by molar-refractivity contribution is -0.146. The molecule has 2 amide bonds. The predicted molar refractivity (Wildman–Crippen MR) is 139 cm³/mol. The SMILES string of the molecule is C=C[C@@H]1[C@H](C)C[C@@H](C(=O)OC)N1C(=O)OC(C)(C)C.COC(=O)[C@@H]1C[C@@H](C)[C@@H](C=O)N1C(=O)OC(C)(C)C. The molecule has 0 aromatic rings. The van der Waals surface area contributed by atoms with Crippen molar-refractivity contribution in [2.75, 3.05) is 14.2 Å². The van der Waals surface area contributed by atoms with Crippen molar-refractivity contribution in [1.82, 2.24) is 9.80 Å². The van der Waals surface area contributed by atoms with E-state index in [1.54, 1.807) is 47.6 Å². The largest absolute Gasteiger partial charge is 0.467 e. The summed E-state index contributed by atoms with van der Waals surface area (Å²) in [7, 11) is 2.58. The molecule has 0 N–H and O–H groups in total. The van der Waals surface area contributed by atoms with Gasteiger partial charge in [0.15, 0.2) is 0 Å². The van der Waals surface area contributed by atoms with Gasteiger partial charge in [-0.1, -0.05) is 19.9 Å². The smallest absolute Gasteiger partial charge is 0.411 e. The van der Waals surface area contributed by atoms with Gasteiger partial charge in [0.05, 0.1) is 26.3 Å². The Labute approximate surface area is 225 Å². The molecule has 0 aromatic heterocycles. The highest BCUT2D eigenvalue weighted by atomic mass is 16.6. The third-order valence-corrected chi connectivity index (χ3v) is 6.21. The molecule has 216 valence electrons. The van der Waals surface area contributed by atoms with Crippen molar-refractivity contribution < 1.29 is 42.9 Å². The minimum absolute atomic E-state index is 0.103. The molecule has 0 saturated carbocycles. The van der Waals surface area contributed by atoms with Gasteiger partial charge in [0.1, 0.15) is 29.6 Å². The fourth-order valence-corrected chi connectivity index (χ4v) is 4.54. The summed E-state index contributed by atoms with van der Waals surface area (Å²) < 4.78 is 20.1. The molecule has 0 spiro atoms. The van der Waals surface area contributed by atoms with Gasteiger partial charge in [-0.05, 0) is 66.2 Å². The minimum Gasteiger partial charge on any atom is -0.467 e. The van der Waals surface area contributed by atoms with E-state index in [1.165, 1.54) is 24.0 Å². The van der Waals surface area contributed by atoms with Crippen molar-refractivity contribution in [3.05, 3.63) is 12.7 Å². The Morgan fingerprint density at radius 2 is 1.08 bits per heavy atom. The maximum Gasteiger partial charge on any atom is 0.411 e. The number of methoxy groups -OCH3 is 2. The van der Waals surface area contributed by atoms with Crippen molar-refractivity contribution in [3.63, 3.8) is 0 Å². The van der Waals surface area contributed by atoms with E-state index in [9.17, 15) is 24.0 Å². The molecule has 0 aliphatic carbocycles. The second-order valence-electron chi connectivity index (χ2n) is 11.6. The van der Waals surface area contributed by atoms with Gasteiger partial charge in [0.25, 0.3) is 0 Å². The Bertz CT molecular complexity index is 818. The van der Waals surface area contributed by atoms with Crippen molar-refractivity contribution >= 4 is 30.4 Å². The molecule has 11 heteroatoms. The molecule has 0 bridgehead atoms. The van der Waals surface area contributed by atoms with E-state index in [-0.39, 0.29) is 17.9 Å². The van der Waals surface area contributed by atoms with Gasteiger partial charge in [-0.2, -0.15) is 0 Å². The second-order valence-corrected chi connectivity index (χ2v) is 11.6. The molecule has 0 radical (unpaired) electrons. The average Bonchev–Trinajstić information content (AvgIpc) is 3.32. The van der Waals surface area contributed by atoms with Crippen molar-refractivity contribution in [2.45, 2.75) is 104 Å². The highest BCUT2D eigenvalue weighted by Gasteiger charge is 2.48. The standard InChI is InChI=1S/C14H23NO4.C13H21NO5/c1-7-10-9(2)8-11(12(16)18-6)15(10)13(17)19-14(3,4)5;1-8-6-9(11(16)18-5)14(10(8)7-15)12(17)19-13(2,3)4/h7,9-11H,1,8H2,2-6H3;7-10H,6H2,1-5H3/t9-,10-,11+;8-,9+,10-/m11/s1. The van der Waals surface area contributed by atoms with E-state index in [4.69, 9.17) is 14.2 Å². The highest BCUT2D eigenvalue weighted by Crippen LogP contribution is 2.33. The zero-order valence-electron chi connectivity index (χ0n) is 24.3. The first-order chi connectivity index (χ1) is 17.4. The van der Waals surface area contributed by atoms with Gasteiger partial charge in [-0.25, -0.2) is 19.2 Å². The van der Waals surface area contributed by atoms with Crippen molar-refractivity contribution in [3.8, 4) is 0 Å². The number of hydrogen-bond donors (Lipinski definition) is 0. The number of nitrogens with zero attached hydrogens (tertiary/aromatic N) is 2. The lowest BCUT2D eigenvalue weighted by atomic mass is 10.0. The van der Waals surface area contributed by atoms with Crippen LogP contribution in [-0.2, 0) is 33.3 Å². The monoisotopic (exact) mass is 540 g/mol. The molecule has 6 atom stereocenters. The number of amides is 2. The minimum atomic E-state index is -0.759. The van der Waals surface area contributed by atoms with Gasteiger partial charge in [0.2, 0.25) is 0 Å². The molecule has 2 rings (SSSR count). The van der Waals surface area contributed by atoms with E-state index >= 15 is 0 Å². The number of rotatable bonds is 4. The van der Waals surface area contributed by atoms with Gasteiger partial charge in [-0.15, -0.1) is 6.58 Å². The normalized spacial score (nSPS) is 27.0. The topological polar surface area (TPSA) is 129 Å². The van der Waals surface area contributed by atoms with E-state index in [0.29, 0.717) is 19.1 Å². The van der Waals surface area contributed by atoms with Gasteiger partial charge in [0, 0.05) is 0 Å². The first-order valence-corrected chi connectivity index (χ1v) is 12.7. The lowest BCUT2D eigenvalue weighted by Crippen LogP contribution is -2.48. The summed E-state index contributed by atoms with van der Waals surface area (Å²) >= 11 is 0. The molecule has 0 aromatic carbocycles. The molecule has 2 heterocycles. The van der Waals surface area contributed by atoms with Crippen LogP contribution >= 0.6 is 0 Å². The summed E-state index contributed by atoms with van der Waals surface area (Å²) in [6.45, 7) is 18.1. The van der Waals surface area contributed by atoms with Crippen molar-refractivity contribution in [1.29, 1.82) is 0 Å². The maximum atomic E-state index is 12.3. The Morgan fingerprint density at radius 3 is 1.37 bits per heavy atom. The Balaban J connectivity index is 0.000000380. The highest BCUT2D eigenvalue weighted by molar-refractivity contribution is 5.85. The van der Waals surface area contributed by atoms with Gasteiger partial charge < -0.3 is 23.7 Å². The van der Waals surface area contributed by atoms with Crippen LogP contribution in [0.2, 0.25) is 0 Å². The van der Waals surface area contributed by atoms with E-state index < -0.39 is 53.5 Å². The molecule has 2 saturated heterocycles. The summed E-state index contributed by atoms with van der Waals surface area (Å²) in [4.78, 5) is 61.7. The Morgan fingerprint density at radius 1 is 0.737 bits per heavy atom. The summed E-state index contributed by atoms with van der Waals surface area (Å²) in [6, 6.07) is -2.22. The molecule has 2 aliphatic heterocycles. The number of ether oxygens (including phenoxy) is 4. The number of carbonyl (C=O) groups is 5. The number of likely N-dealkylation sites (tertiary alicyclic amines) is 2. The molecular formula is C27H44N2O9. The van der Waals surface area contributed by atoms with Crippen LogP contribution in [0.5, 0.6) is 0 Å². The Kier molecular flexibility index (Phi) is 11.4. The number of esters is 2. The maximum absolute atomic E-state index is 12.3. The first-order valence-electron chi connectivity index (χ1n) is 12.7. The third kappa shape index (κ3) is 8.46. The van der Waals surface area contributed by atoms with E-state index in [1.807, 2.05) is 13.8 Å². The fraction of sp³-hybridized carbons (Fsp3) is 0.741. The number of aldehydes is 1. The second kappa shape index (κ2) is 13.1. The van der Waals surface area contributed by atoms with Crippen LogP contribution in [0.25, 0.3) is 0 Å². The van der Waals surface area contributed by atoms with Crippen LogP contribution in [-0.4, -0.2) is 89.8 Å². The average molecular weight is 541 g/mol. The predicted octanol–water partition coefficient (Wildman–Crippen LogP) is 3.73. The lowest BCUT2D eigenvalue weighted by Gasteiger charge is -2.30. The molecule has 2 fully saturated rings. The van der Waals surface area contributed by atoms with Crippen LogP contribution in [0.4, 0.5) is 9.59 Å². The van der Waals surface area contributed by atoms with Gasteiger partial charge in [-0.3, -0.25) is 9.80 Å². The molecule has 11 nitrogen and oxygen atoms in total. The number of hydrogen-bond acceptors (Lipinski definition) is 9. The zero-order valence-corrected chi connectivity index (χ0v) is 24.3. The third-order valence-electron chi connectivity index (χ3n) is 6.21. The fourth-order valence-electron chi connectivity index (χ4n) is 4.54. The Hall–Kier alpha value is -3.11. The number of carbonyl (C=O) groups excluding carboxylic acids is 5. The quantitative estimate of drug-likeness (QED) is 0.227. The summed E-state index contributed by atoms with van der Waals surface area (Å²) in [5.41, 5.74) is -1.29. The molecule has 0 unspecified atom stereocenters. The zero-order chi connectivity index (χ0) is 29.6. The van der Waals surface area contributed by atoms with Crippen molar-refractivity contribution in [2.24, 2.45) is 11.8 Å². The molecule has 2 aliphatic rings. The van der Waals surface area contributed by atoms with E-state index in [2.05, 4.69) is 11.3 Å². The summed E-state index contributed by atoms with van der Waals surface area (Å²) in [6.07, 6.45) is 2.15. The first kappa shape index (κ1) is 32.9.